The standard InChI is InChI=1S/C22H26N2O2/c1-16-17(2)24(15-18-9-6-5-7-10-18)21-19(16)11-8-12-20(21)22(25)26-14-13-23(3)4/h5-12H,13-15H2,1-4H3. The lowest BCUT2D eigenvalue weighted by Gasteiger charge is -2.13. The number of hydrogen-bond acceptors (Lipinski definition) is 3. The lowest BCUT2D eigenvalue weighted by Crippen LogP contribution is -2.20. The van der Waals surface area contributed by atoms with Crippen molar-refractivity contribution >= 4 is 16.9 Å². The molecule has 0 bridgehead atoms. The van der Waals surface area contributed by atoms with Crippen LogP contribution in [-0.2, 0) is 11.3 Å². The zero-order valence-electron chi connectivity index (χ0n) is 16.0. The average Bonchev–Trinajstić information content (AvgIpc) is 2.87. The molecule has 0 amide bonds. The molecule has 4 heteroatoms. The predicted octanol–water partition coefficient (Wildman–Crippen LogP) is 4.02. The van der Waals surface area contributed by atoms with Gasteiger partial charge < -0.3 is 14.2 Å². The Morgan fingerprint density at radius 1 is 1.04 bits per heavy atom. The van der Waals surface area contributed by atoms with Gasteiger partial charge in [0.05, 0.1) is 11.1 Å². The van der Waals surface area contributed by atoms with Crippen molar-refractivity contribution < 1.29 is 9.53 Å². The highest BCUT2D eigenvalue weighted by molar-refractivity contribution is 6.04. The van der Waals surface area contributed by atoms with Crippen molar-refractivity contribution in [3.8, 4) is 0 Å². The highest BCUT2D eigenvalue weighted by Crippen LogP contribution is 2.29. The number of para-hydroxylation sites is 1. The molecule has 0 saturated heterocycles. The molecule has 26 heavy (non-hydrogen) atoms. The first-order valence-corrected chi connectivity index (χ1v) is 8.93. The van der Waals surface area contributed by atoms with E-state index in [0.717, 1.165) is 17.4 Å². The molecule has 3 aromatic rings. The molecule has 0 aliphatic carbocycles. The van der Waals surface area contributed by atoms with Crippen LogP contribution in [0.4, 0.5) is 0 Å². The average molecular weight is 350 g/mol. The predicted molar refractivity (Wildman–Crippen MR) is 106 cm³/mol. The van der Waals surface area contributed by atoms with E-state index < -0.39 is 0 Å². The highest BCUT2D eigenvalue weighted by Gasteiger charge is 2.19. The molecule has 0 radical (unpaired) electrons. The lowest BCUT2D eigenvalue weighted by molar-refractivity contribution is 0.0483. The van der Waals surface area contributed by atoms with Crippen molar-refractivity contribution in [3.05, 3.63) is 70.9 Å². The molecule has 0 atom stereocenters. The summed E-state index contributed by atoms with van der Waals surface area (Å²) in [4.78, 5) is 14.7. The number of carbonyl (C=O) groups is 1. The third kappa shape index (κ3) is 3.65. The summed E-state index contributed by atoms with van der Waals surface area (Å²) in [6, 6.07) is 16.2. The molecule has 0 N–H and O–H groups in total. The molecule has 0 saturated carbocycles. The number of nitrogens with zero attached hydrogens (tertiary/aromatic N) is 2. The molecule has 1 heterocycles. The zero-order valence-corrected chi connectivity index (χ0v) is 16.0. The summed E-state index contributed by atoms with van der Waals surface area (Å²) in [6.07, 6.45) is 0. The maximum absolute atomic E-state index is 12.7. The van der Waals surface area contributed by atoms with Gasteiger partial charge in [-0.3, -0.25) is 0 Å². The van der Waals surface area contributed by atoms with Gasteiger partial charge in [0.25, 0.3) is 0 Å². The lowest BCUT2D eigenvalue weighted by atomic mass is 10.1. The van der Waals surface area contributed by atoms with E-state index in [4.69, 9.17) is 4.74 Å². The van der Waals surface area contributed by atoms with Crippen molar-refractivity contribution in [3.63, 3.8) is 0 Å². The number of ether oxygens (including phenoxy) is 1. The Morgan fingerprint density at radius 3 is 2.46 bits per heavy atom. The van der Waals surface area contributed by atoms with Crippen LogP contribution in [-0.4, -0.2) is 42.7 Å². The molecule has 0 fully saturated rings. The van der Waals surface area contributed by atoms with E-state index >= 15 is 0 Å². The summed E-state index contributed by atoms with van der Waals surface area (Å²) in [5, 5.41) is 1.11. The first-order chi connectivity index (χ1) is 12.5. The van der Waals surface area contributed by atoms with E-state index in [1.165, 1.54) is 16.8 Å². The second kappa shape index (κ2) is 7.75. The highest BCUT2D eigenvalue weighted by atomic mass is 16.5. The number of esters is 1. The van der Waals surface area contributed by atoms with Crippen molar-refractivity contribution in [1.29, 1.82) is 0 Å². The fraction of sp³-hybridized carbons (Fsp3) is 0.318. The summed E-state index contributed by atoms with van der Waals surface area (Å²) < 4.78 is 7.73. The summed E-state index contributed by atoms with van der Waals surface area (Å²) >= 11 is 0. The molecule has 0 unspecified atom stereocenters. The van der Waals surface area contributed by atoms with E-state index in [1.54, 1.807) is 0 Å². The van der Waals surface area contributed by atoms with E-state index in [-0.39, 0.29) is 5.97 Å². The summed E-state index contributed by atoms with van der Waals surface area (Å²) in [5.74, 6) is -0.260. The number of aromatic nitrogens is 1. The Morgan fingerprint density at radius 2 is 1.77 bits per heavy atom. The largest absolute Gasteiger partial charge is 0.461 e. The maximum Gasteiger partial charge on any atom is 0.340 e. The minimum absolute atomic E-state index is 0.260. The van der Waals surface area contributed by atoms with Gasteiger partial charge in [-0.05, 0) is 45.1 Å². The normalized spacial score (nSPS) is 11.3. The topological polar surface area (TPSA) is 34.5 Å². The Bertz CT molecular complexity index is 911. The van der Waals surface area contributed by atoms with E-state index in [2.05, 4.69) is 36.6 Å². The van der Waals surface area contributed by atoms with Crippen LogP contribution < -0.4 is 0 Å². The Kier molecular flexibility index (Phi) is 5.43. The maximum atomic E-state index is 12.7. The van der Waals surface area contributed by atoms with Gasteiger partial charge in [-0.2, -0.15) is 0 Å². The van der Waals surface area contributed by atoms with E-state index in [0.29, 0.717) is 18.7 Å². The Labute approximate surface area is 155 Å². The van der Waals surface area contributed by atoms with E-state index in [1.807, 2.05) is 49.3 Å². The fourth-order valence-corrected chi connectivity index (χ4v) is 3.23. The van der Waals surface area contributed by atoms with Gasteiger partial charge in [0.15, 0.2) is 0 Å². The second-order valence-corrected chi connectivity index (χ2v) is 6.92. The number of benzene rings is 2. The molecule has 2 aromatic carbocycles. The quantitative estimate of drug-likeness (QED) is 0.630. The van der Waals surface area contributed by atoms with Crippen LogP contribution in [0.3, 0.4) is 0 Å². The second-order valence-electron chi connectivity index (χ2n) is 6.92. The number of aryl methyl sites for hydroxylation is 1. The van der Waals surface area contributed by atoms with Crippen LogP contribution in [0.5, 0.6) is 0 Å². The third-order valence-corrected chi connectivity index (χ3v) is 4.83. The fourth-order valence-electron chi connectivity index (χ4n) is 3.23. The minimum atomic E-state index is -0.260. The minimum Gasteiger partial charge on any atom is -0.461 e. The van der Waals surface area contributed by atoms with E-state index in [9.17, 15) is 4.79 Å². The van der Waals surface area contributed by atoms with Crippen LogP contribution in [0, 0.1) is 13.8 Å². The SMILES string of the molecule is Cc1c(C)n(Cc2ccccc2)c2c(C(=O)OCCN(C)C)cccc12. The monoisotopic (exact) mass is 350 g/mol. The number of fused-ring (bicyclic) bond motifs is 1. The van der Waals surface area contributed by atoms with Gasteiger partial charge in [0.1, 0.15) is 6.61 Å². The van der Waals surface area contributed by atoms with Crippen molar-refractivity contribution in [1.82, 2.24) is 9.47 Å². The summed E-state index contributed by atoms with van der Waals surface area (Å²) in [6.45, 7) is 6.06. The number of hydrogen-bond donors (Lipinski definition) is 0. The molecular weight excluding hydrogens is 324 g/mol. The molecule has 3 rings (SSSR count). The molecule has 4 nitrogen and oxygen atoms in total. The molecular formula is C22H26N2O2. The number of likely N-dealkylation sites (N-methyl/N-ethyl adjacent to an activating group) is 1. The molecule has 0 spiro atoms. The van der Waals surface area contributed by atoms with Gasteiger partial charge in [-0.25, -0.2) is 4.79 Å². The summed E-state index contributed by atoms with van der Waals surface area (Å²) in [5.41, 5.74) is 5.19. The molecule has 0 aliphatic heterocycles. The number of rotatable bonds is 6. The van der Waals surface area contributed by atoms with Crippen LogP contribution in [0.1, 0.15) is 27.2 Å². The van der Waals surface area contributed by atoms with Gasteiger partial charge in [0, 0.05) is 24.2 Å². The van der Waals surface area contributed by atoms with Crippen LogP contribution in [0.25, 0.3) is 10.9 Å². The van der Waals surface area contributed by atoms with Crippen molar-refractivity contribution in [2.75, 3.05) is 27.2 Å². The van der Waals surface area contributed by atoms with Crippen LogP contribution >= 0.6 is 0 Å². The Hall–Kier alpha value is -2.59. The molecule has 0 aliphatic rings. The zero-order chi connectivity index (χ0) is 18.7. The first-order valence-electron chi connectivity index (χ1n) is 8.93. The molecule has 1 aromatic heterocycles. The van der Waals surface area contributed by atoms with Crippen molar-refractivity contribution in [2.45, 2.75) is 20.4 Å². The smallest absolute Gasteiger partial charge is 0.340 e. The number of carbonyl (C=O) groups excluding carboxylic acids is 1. The third-order valence-electron chi connectivity index (χ3n) is 4.83. The van der Waals surface area contributed by atoms with Crippen molar-refractivity contribution in [2.24, 2.45) is 0 Å². The van der Waals surface area contributed by atoms with Crippen LogP contribution in [0.15, 0.2) is 48.5 Å². The van der Waals surface area contributed by atoms with Gasteiger partial charge >= 0.3 is 5.97 Å². The summed E-state index contributed by atoms with van der Waals surface area (Å²) in [7, 11) is 3.93. The van der Waals surface area contributed by atoms with Gasteiger partial charge in [-0.15, -0.1) is 0 Å². The molecule has 136 valence electrons. The first kappa shape index (κ1) is 18.2. The van der Waals surface area contributed by atoms with Gasteiger partial charge in [-0.1, -0.05) is 42.5 Å². The Balaban J connectivity index is 2.02. The van der Waals surface area contributed by atoms with Gasteiger partial charge in [0.2, 0.25) is 0 Å². The van der Waals surface area contributed by atoms with Crippen LogP contribution in [0.2, 0.25) is 0 Å².